The van der Waals surface area contributed by atoms with Crippen molar-refractivity contribution >= 4 is 11.4 Å². The Morgan fingerprint density at radius 3 is 2.62 bits per heavy atom. The zero-order chi connectivity index (χ0) is 22.7. The van der Waals surface area contributed by atoms with Crippen molar-refractivity contribution < 1.29 is 9.47 Å². The Kier molecular flexibility index (Phi) is 6.32. The first-order valence-electron chi connectivity index (χ1n) is 10.8. The molecule has 32 heavy (non-hydrogen) atoms. The summed E-state index contributed by atoms with van der Waals surface area (Å²) in [6.07, 6.45) is 3.14. The molecule has 6 nitrogen and oxygen atoms in total. The van der Waals surface area contributed by atoms with E-state index >= 15 is 0 Å². The van der Waals surface area contributed by atoms with Gasteiger partial charge in [0.1, 0.15) is 5.76 Å². The monoisotopic (exact) mass is 431 g/mol. The van der Waals surface area contributed by atoms with Gasteiger partial charge in [0.05, 0.1) is 6.61 Å². The lowest BCUT2D eigenvalue weighted by Crippen LogP contribution is -2.30. The maximum atomic E-state index is 12.4. The highest BCUT2D eigenvalue weighted by atomic mass is 16.5. The molecule has 1 atom stereocenters. The molecule has 0 spiro atoms. The third-order valence-corrected chi connectivity index (χ3v) is 5.49. The SMILES string of the molecule is CCOCc1ccc(C)c(NC2NC=C(c3cc(C)cc(-c4c(C)cc[nH]c4=O)c3)O2)c1. The van der Waals surface area contributed by atoms with Gasteiger partial charge in [-0.2, -0.15) is 0 Å². The number of aryl methyl sites for hydroxylation is 3. The summed E-state index contributed by atoms with van der Waals surface area (Å²) in [5.74, 6) is 0.723. The van der Waals surface area contributed by atoms with Crippen molar-refractivity contribution in [3.8, 4) is 11.1 Å². The minimum atomic E-state index is -0.392. The fourth-order valence-electron chi connectivity index (χ4n) is 3.85. The van der Waals surface area contributed by atoms with Crippen molar-refractivity contribution in [1.29, 1.82) is 0 Å². The van der Waals surface area contributed by atoms with Gasteiger partial charge in [-0.25, -0.2) is 0 Å². The van der Waals surface area contributed by atoms with Gasteiger partial charge >= 0.3 is 0 Å². The second-order valence-electron chi connectivity index (χ2n) is 8.06. The normalized spacial score (nSPS) is 15.1. The molecule has 3 aromatic rings. The molecular weight excluding hydrogens is 402 g/mol. The first kappa shape index (κ1) is 21.7. The van der Waals surface area contributed by atoms with Crippen LogP contribution in [0.5, 0.6) is 0 Å². The number of nitrogens with one attached hydrogen (secondary N) is 3. The van der Waals surface area contributed by atoms with Gasteiger partial charge in [-0.3, -0.25) is 4.79 Å². The molecule has 1 unspecified atom stereocenters. The van der Waals surface area contributed by atoms with E-state index in [9.17, 15) is 4.79 Å². The third kappa shape index (κ3) is 4.70. The molecule has 1 aromatic heterocycles. The van der Waals surface area contributed by atoms with Crippen molar-refractivity contribution in [2.75, 3.05) is 11.9 Å². The fourth-order valence-corrected chi connectivity index (χ4v) is 3.85. The van der Waals surface area contributed by atoms with Crippen LogP contribution in [0.3, 0.4) is 0 Å². The van der Waals surface area contributed by atoms with Crippen LogP contribution < -0.4 is 16.2 Å². The van der Waals surface area contributed by atoms with E-state index in [1.807, 2.05) is 45.2 Å². The second kappa shape index (κ2) is 9.32. The number of benzene rings is 2. The highest BCUT2D eigenvalue weighted by molar-refractivity contribution is 5.73. The van der Waals surface area contributed by atoms with Crippen LogP contribution in [0, 0.1) is 20.8 Å². The second-order valence-corrected chi connectivity index (χ2v) is 8.06. The predicted molar refractivity (Wildman–Crippen MR) is 128 cm³/mol. The van der Waals surface area contributed by atoms with Gasteiger partial charge in [-0.05, 0) is 79.8 Å². The number of hydrogen-bond donors (Lipinski definition) is 3. The molecule has 2 heterocycles. The van der Waals surface area contributed by atoms with Crippen molar-refractivity contribution in [3.63, 3.8) is 0 Å². The van der Waals surface area contributed by atoms with Gasteiger partial charge in [-0.1, -0.05) is 18.2 Å². The van der Waals surface area contributed by atoms with Crippen molar-refractivity contribution in [2.45, 2.75) is 40.7 Å². The van der Waals surface area contributed by atoms with Gasteiger partial charge in [0.25, 0.3) is 5.56 Å². The molecule has 1 aliphatic heterocycles. The van der Waals surface area contributed by atoms with E-state index in [2.05, 4.69) is 46.8 Å². The van der Waals surface area contributed by atoms with Gasteiger partial charge in [0, 0.05) is 35.8 Å². The summed E-state index contributed by atoms with van der Waals surface area (Å²) in [5.41, 5.74) is 7.60. The molecule has 2 aromatic carbocycles. The summed E-state index contributed by atoms with van der Waals surface area (Å²) < 4.78 is 11.7. The number of aromatic nitrogens is 1. The molecule has 6 heteroatoms. The lowest BCUT2D eigenvalue weighted by molar-refractivity contribution is 0.134. The van der Waals surface area contributed by atoms with Gasteiger partial charge in [-0.15, -0.1) is 0 Å². The Morgan fingerprint density at radius 2 is 1.84 bits per heavy atom. The molecule has 4 rings (SSSR count). The number of aromatic amines is 1. The summed E-state index contributed by atoms with van der Waals surface area (Å²) in [5, 5.41) is 6.66. The summed E-state index contributed by atoms with van der Waals surface area (Å²) in [6, 6.07) is 14.2. The van der Waals surface area contributed by atoms with Crippen LogP contribution in [0.4, 0.5) is 5.69 Å². The number of pyridine rings is 1. The lowest BCUT2D eigenvalue weighted by Gasteiger charge is -2.19. The number of hydrogen-bond acceptors (Lipinski definition) is 5. The quantitative estimate of drug-likeness (QED) is 0.500. The Labute approximate surface area is 188 Å². The zero-order valence-electron chi connectivity index (χ0n) is 18.9. The molecule has 166 valence electrons. The number of anilines is 1. The molecule has 1 aliphatic rings. The van der Waals surface area contributed by atoms with E-state index in [0.29, 0.717) is 18.8 Å². The Bertz CT molecular complexity index is 1210. The number of rotatable bonds is 7. The fraction of sp³-hybridized carbons (Fsp3) is 0.269. The maximum absolute atomic E-state index is 12.4. The lowest BCUT2D eigenvalue weighted by atomic mass is 9.98. The van der Waals surface area contributed by atoms with E-state index in [-0.39, 0.29) is 5.56 Å². The smallest absolute Gasteiger partial charge is 0.256 e. The largest absolute Gasteiger partial charge is 0.450 e. The van der Waals surface area contributed by atoms with Gasteiger partial charge < -0.3 is 25.1 Å². The van der Waals surface area contributed by atoms with E-state index in [1.165, 1.54) is 0 Å². The van der Waals surface area contributed by atoms with E-state index in [0.717, 1.165) is 44.8 Å². The van der Waals surface area contributed by atoms with Crippen LogP contribution in [-0.4, -0.2) is 17.9 Å². The summed E-state index contributed by atoms with van der Waals surface area (Å²) in [7, 11) is 0. The first-order valence-corrected chi connectivity index (χ1v) is 10.8. The predicted octanol–water partition coefficient (Wildman–Crippen LogP) is 4.82. The van der Waals surface area contributed by atoms with E-state index in [1.54, 1.807) is 6.20 Å². The Balaban J connectivity index is 1.53. The van der Waals surface area contributed by atoms with Crippen LogP contribution in [-0.2, 0) is 16.1 Å². The third-order valence-electron chi connectivity index (χ3n) is 5.49. The zero-order valence-corrected chi connectivity index (χ0v) is 18.9. The molecule has 0 saturated carbocycles. The van der Waals surface area contributed by atoms with Gasteiger partial charge in [0.2, 0.25) is 6.35 Å². The number of H-pyrrole nitrogens is 1. The standard InChI is InChI=1S/C26H29N3O3/c1-5-31-15-19-7-6-17(3)22(12-19)29-26-28-14-23(32-26)20-10-16(2)11-21(13-20)24-18(4)8-9-27-25(24)30/h6-14,26,28-29H,5,15H2,1-4H3,(H,27,30). The average molecular weight is 432 g/mol. The minimum Gasteiger partial charge on any atom is -0.450 e. The first-order chi connectivity index (χ1) is 15.4. The van der Waals surface area contributed by atoms with Crippen LogP contribution >= 0.6 is 0 Å². The summed E-state index contributed by atoms with van der Waals surface area (Å²) >= 11 is 0. The van der Waals surface area contributed by atoms with Crippen LogP contribution in [0.2, 0.25) is 0 Å². The molecule has 3 N–H and O–H groups in total. The Hall–Kier alpha value is -3.51. The van der Waals surface area contributed by atoms with Crippen LogP contribution in [0.15, 0.2) is 59.7 Å². The summed E-state index contributed by atoms with van der Waals surface area (Å²) in [4.78, 5) is 15.2. The van der Waals surface area contributed by atoms with E-state index in [4.69, 9.17) is 9.47 Å². The average Bonchev–Trinajstić information content (AvgIpc) is 3.22. The molecule has 0 bridgehead atoms. The molecule has 0 saturated heterocycles. The van der Waals surface area contributed by atoms with Crippen molar-refractivity contribution in [2.24, 2.45) is 0 Å². The molecule has 0 amide bonds. The maximum Gasteiger partial charge on any atom is 0.256 e. The van der Waals surface area contributed by atoms with Crippen LogP contribution in [0.25, 0.3) is 16.9 Å². The summed E-state index contributed by atoms with van der Waals surface area (Å²) in [6.45, 7) is 9.28. The highest BCUT2D eigenvalue weighted by Crippen LogP contribution is 2.29. The van der Waals surface area contributed by atoms with Crippen LogP contribution in [0.1, 0.15) is 34.7 Å². The molecular formula is C26H29N3O3. The topological polar surface area (TPSA) is 75.4 Å². The van der Waals surface area contributed by atoms with Crippen molar-refractivity contribution in [3.05, 3.63) is 93.0 Å². The minimum absolute atomic E-state index is 0.0945. The molecule has 0 fully saturated rings. The van der Waals surface area contributed by atoms with Gasteiger partial charge in [0.15, 0.2) is 0 Å². The molecule has 0 aliphatic carbocycles. The molecule has 0 radical (unpaired) electrons. The highest BCUT2D eigenvalue weighted by Gasteiger charge is 2.20. The van der Waals surface area contributed by atoms with E-state index < -0.39 is 6.35 Å². The Morgan fingerprint density at radius 1 is 1.03 bits per heavy atom. The number of ether oxygens (including phenoxy) is 2. The van der Waals surface area contributed by atoms with Crippen molar-refractivity contribution in [1.82, 2.24) is 10.3 Å².